The molecule has 2 N–H and O–H groups in total. The van der Waals surface area contributed by atoms with Gasteiger partial charge in [0.05, 0.1) is 29.2 Å². The van der Waals surface area contributed by atoms with E-state index < -0.39 is 0 Å². The molecule has 0 spiro atoms. The fourth-order valence-electron chi connectivity index (χ4n) is 5.75. The monoisotopic (exact) mass is 607 g/mol. The second kappa shape index (κ2) is 14.5. The molecule has 3 nitrogen and oxygen atoms in total. The number of anilines is 2. The van der Waals surface area contributed by atoms with Gasteiger partial charge in [-0.25, -0.2) is 13.2 Å². The zero-order valence-electron chi connectivity index (χ0n) is 26.3. The van der Waals surface area contributed by atoms with Gasteiger partial charge in [-0.2, -0.15) is 0 Å². The van der Waals surface area contributed by atoms with E-state index in [1.54, 1.807) is 24.3 Å². The maximum atomic E-state index is 15.9. The van der Waals surface area contributed by atoms with Crippen molar-refractivity contribution in [3.63, 3.8) is 0 Å². The SMILES string of the molecule is CCc1cccc(CC)c1NC(C)c1cccc(C(C)Nc2c(F)cc(Cc3ccc(F)cc3)cc2Cc2ccc(F)cc2)n1. The van der Waals surface area contributed by atoms with Crippen LogP contribution in [0.4, 0.5) is 24.5 Å². The highest BCUT2D eigenvalue weighted by molar-refractivity contribution is 5.59. The Morgan fingerprint density at radius 2 is 1.04 bits per heavy atom. The second-order valence-corrected chi connectivity index (χ2v) is 11.6. The number of rotatable bonds is 12. The first-order valence-electron chi connectivity index (χ1n) is 15.6. The zero-order valence-corrected chi connectivity index (χ0v) is 26.3. The van der Waals surface area contributed by atoms with Crippen LogP contribution in [0.25, 0.3) is 0 Å². The van der Waals surface area contributed by atoms with E-state index in [1.807, 2.05) is 31.2 Å². The van der Waals surface area contributed by atoms with E-state index in [0.717, 1.165) is 46.5 Å². The highest BCUT2D eigenvalue weighted by atomic mass is 19.1. The van der Waals surface area contributed by atoms with Crippen molar-refractivity contribution in [1.29, 1.82) is 0 Å². The fraction of sp³-hybridized carbons (Fsp3) is 0.256. The first kappa shape index (κ1) is 31.8. The van der Waals surface area contributed by atoms with E-state index in [-0.39, 0.29) is 29.5 Å². The molecule has 0 aliphatic rings. The smallest absolute Gasteiger partial charge is 0.146 e. The first-order valence-corrected chi connectivity index (χ1v) is 15.6. The predicted molar refractivity (Wildman–Crippen MR) is 178 cm³/mol. The molecule has 0 amide bonds. The lowest BCUT2D eigenvalue weighted by Gasteiger charge is -2.23. The van der Waals surface area contributed by atoms with E-state index in [4.69, 9.17) is 4.98 Å². The molecule has 0 saturated carbocycles. The van der Waals surface area contributed by atoms with E-state index >= 15 is 4.39 Å². The van der Waals surface area contributed by atoms with Gasteiger partial charge in [0.1, 0.15) is 17.5 Å². The molecular weight excluding hydrogens is 567 g/mol. The van der Waals surface area contributed by atoms with Crippen LogP contribution in [0.3, 0.4) is 0 Å². The molecule has 2 unspecified atom stereocenters. The van der Waals surface area contributed by atoms with Crippen molar-refractivity contribution in [3.8, 4) is 0 Å². The van der Waals surface area contributed by atoms with E-state index in [0.29, 0.717) is 18.5 Å². The summed E-state index contributed by atoms with van der Waals surface area (Å²) in [6.07, 6.45) is 2.74. The van der Waals surface area contributed by atoms with Gasteiger partial charge in [0, 0.05) is 5.69 Å². The third kappa shape index (κ3) is 7.93. The Morgan fingerprint density at radius 3 is 1.58 bits per heavy atom. The van der Waals surface area contributed by atoms with Crippen LogP contribution in [0.1, 0.15) is 84.5 Å². The molecule has 1 aromatic heterocycles. The number of hydrogen-bond acceptors (Lipinski definition) is 3. The van der Waals surface area contributed by atoms with Crippen molar-refractivity contribution in [3.05, 3.63) is 159 Å². The van der Waals surface area contributed by atoms with Crippen molar-refractivity contribution in [2.45, 2.75) is 65.5 Å². The van der Waals surface area contributed by atoms with Gasteiger partial charge in [-0.15, -0.1) is 0 Å². The number of halogens is 3. The number of benzene rings is 4. The number of aryl methyl sites for hydroxylation is 2. The molecule has 5 aromatic rings. The summed E-state index contributed by atoms with van der Waals surface area (Å²) in [5, 5.41) is 7.10. The van der Waals surface area contributed by atoms with Gasteiger partial charge in [0.15, 0.2) is 0 Å². The van der Waals surface area contributed by atoms with Crippen LogP contribution in [0, 0.1) is 17.5 Å². The van der Waals surface area contributed by atoms with Crippen molar-refractivity contribution < 1.29 is 13.2 Å². The third-order valence-electron chi connectivity index (χ3n) is 8.26. The minimum atomic E-state index is -0.381. The number of nitrogens with one attached hydrogen (secondary N) is 2. The Kier molecular flexibility index (Phi) is 10.2. The number of aromatic nitrogens is 1. The molecule has 0 saturated heterocycles. The zero-order chi connectivity index (χ0) is 31.9. The molecule has 6 heteroatoms. The van der Waals surface area contributed by atoms with Gasteiger partial charge in [-0.1, -0.05) is 68.4 Å². The van der Waals surface area contributed by atoms with Gasteiger partial charge >= 0.3 is 0 Å². The summed E-state index contributed by atoms with van der Waals surface area (Å²) in [6.45, 7) is 8.40. The lowest BCUT2D eigenvalue weighted by atomic mass is 9.96. The molecule has 0 radical (unpaired) electrons. The summed E-state index contributed by atoms with van der Waals surface area (Å²) < 4.78 is 43.0. The minimum Gasteiger partial charge on any atom is -0.377 e. The summed E-state index contributed by atoms with van der Waals surface area (Å²) in [5.74, 6) is -1.01. The second-order valence-electron chi connectivity index (χ2n) is 11.6. The molecule has 45 heavy (non-hydrogen) atoms. The van der Waals surface area contributed by atoms with E-state index in [1.165, 1.54) is 47.1 Å². The Bertz CT molecular complexity index is 1710. The van der Waals surface area contributed by atoms with Crippen molar-refractivity contribution in [1.82, 2.24) is 4.98 Å². The van der Waals surface area contributed by atoms with Crippen molar-refractivity contribution in [2.75, 3.05) is 10.6 Å². The van der Waals surface area contributed by atoms with E-state index in [2.05, 4.69) is 49.6 Å². The van der Waals surface area contributed by atoms with Crippen LogP contribution in [0.15, 0.2) is 97.1 Å². The standard InChI is InChI=1S/C39H40F3N3/c1-5-30-9-7-10-31(6-2)38(30)43-25(3)36-11-8-12-37(45-36)26(4)44-39-32(22-28-15-19-34(41)20-16-28)23-29(24-35(39)42)21-27-13-17-33(40)18-14-27/h7-20,23-26,43-44H,5-6,21-22H2,1-4H3. The van der Waals surface area contributed by atoms with E-state index in [9.17, 15) is 8.78 Å². The molecule has 0 fully saturated rings. The molecule has 0 bridgehead atoms. The van der Waals surface area contributed by atoms with Gasteiger partial charge in [0.2, 0.25) is 0 Å². The van der Waals surface area contributed by atoms with Gasteiger partial charge in [-0.3, -0.25) is 4.98 Å². The maximum absolute atomic E-state index is 15.9. The molecule has 1 heterocycles. The summed E-state index contributed by atoms with van der Waals surface area (Å²) >= 11 is 0. The van der Waals surface area contributed by atoms with Crippen LogP contribution in [-0.2, 0) is 25.7 Å². The Balaban J connectivity index is 1.41. The van der Waals surface area contributed by atoms with Gasteiger partial charge in [-0.05, 0) is 115 Å². The molecule has 2 atom stereocenters. The van der Waals surface area contributed by atoms with Crippen LogP contribution >= 0.6 is 0 Å². The highest BCUT2D eigenvalue weighted by Crippen LogP contribution is 2.31. The molecule has 0 aliphatic heterocycles. The number of nitrogens with zero attached hydrogens (tertiary/aromatic N) is 1. The summed E-state index contributed by atoms with van der Waals surface area (Å²) in [6, 6.07) is 28.0. The summed E-state index contributed by atoms with van der Waals surface area (Å²) in [7, 11) is 0. The Hall–Kier alpha value is -4.58. The maximum Gasteiger partial charge on any atom is 0.146 e. The lowest BCUT2D eigenvalue weighted by Crippen LogP contribution is -2.16. The number of hydrogen-bond donors (Lipinski definition) is 2. The predicted octanol–water partition coefficient (Wildman–Crippen LogP) is 10.2. The van der Waals surface area contributed by atoms with Crippen molar-refractivity contribution >= 4 is 11.4 Å². The lowest BCUT2D eigenvalue weighted by molar-refractivity contribution is 0.622. The number of para-hydroxylation sites is 1. The van der Waals surface area contributed by atoms with Crippen LogP contribution in [0.5, 0.6) is 0 Å². The molecule has 5 rings (SSSR count). The topological polar surface area (TPSA) is 37.0 Å². The average molecular weight is 608 g/mol. The largest absolute Gasteiger partial charge is 0.377 e. The third-order valence-corrected chi connectivity index (χ3v) is 8.26. The Morgan fingerprint density at radius 1 is 0.556 bits per heavy atom. The first-order chi connectivity index (χ1) is 21.7. The molecular formula is C39H40F3N3. The summed E-state index contributed by atoms with van der Waals surface area (Å²) in [4.78, 5) is 4.99. The average Bonchev–Trinajstić information content (AvgIpc) is 3.05. The van der Waals surface area contributed by atoms with Gasteiger partial charge in [0.25, 0.3) is 0 Å². The number of pyridine rings is 1. The summed E-state index contributed by atoms with van der Waals surface area (Å²) in [5.41, 5.74) is 9.07. The van der Waals surface area contributed by atoms with Crippen LogP contribution in [0.2, 0.25) is 0 Å². The quantitative estimate of drug-likeness (QED) is 0.148. The fourth-order valence-corrected chi connectivity index (χ4v) is 5.75. The van der Waals surface area contributed by atoms with Crippen LogP contribution in [-0.4, -0.2) is 4.98 Å². The molecule has 232 valence electrons. The molecule has 4 aromatic carbocycles. The highest BCUT2D eigenvalue weighted by Gasteiger charge is 2.18. The normalized spacial score (nSPS) is 12.5. The molecule has 0 aliphatic carbocycles. The minimum absolute atomic E-state index is 0.0355. The Labute approximate surface area is 264 Å². The van der Waals surface area contributed by atoms with Gasteiger partial charge < -0.3 is 10.6 Å². The van der Waals surface area contributed by atoms with Crippen molar-refractivity contribution in [2.24, 2.45) is 0 Å². The van der Waals surface area contributed by atoms with Crippen LogP contribution < -0.4 is 10.6 Å².